The molecule has 1 fully saturated rings. The molecule has 0 spiro atoms. The fourth-order valence-corrected chi connectivity index (χ4v) is 4.40. The van der Waals surface area contributed by atoms with Gasteiger partial charge in [-0.1, -0.05) is 11.6 Å². The van der Waals surface area contributed by atoms with Gasteiger partial charge in [0.15, 0.2) is 0 Å². The molecular formula is C27H32ClFN8O3. The van der Waals surface area contributed by atoms with Gasteiger partial charge < -0.3 is 25.6 Å². The third-order valence-corrected chi connectivity index (χ3v) is 6.73. The molecule has 0 bridgehead atoms. The Balaban J connectivity index is 1.27. The van der Waals surface area contributed by atoms with Gasteiger partial charge >= 0.3 is 6.09 Å². The number of aryl methyl sites for hydroxylation is 1. The lowest BCUT2D eigenvalue weighted by Crippen LogP contribution is -2.48. The third kappa shape index (κ3) is 8.31. The van der Waals surface area contributed by atoms with Gasteiger partial charge in [0.2, 0.25) is 5.91 Å². The summed E-state index contributed by atoms with van der Waals surface area (Å²) in [4.78, 5) is 32.5. The van der Waals surface area contributed by atoms with Crippen LogP contribution < -0.4 is 16.0 Å². The molecule has 13 heteroatoms. The number of piperazine rings is 1. The number of alkyl carbamates (subject to hydrolysis) is 1. The quantitative estimate of drug-likeness (QED) is 0.335. The Morgan fingerprint density at radius 1 is 1.05 bits per heavy atom. The van der Waals surface area contributed by atoms with Crippen molar-refractivity contribution in [2.45, 2.75) is 13.3 Å². The highest BCUT2D eigenvalue weighted by Crippen LogP contribution is 2.28. The minimum absolute atomic E-state index is 0.130. The molecule has 2 amide bonds. The maximum absolute atomic E-state index is 14.4. The van der Waals surface area contributed by atoms with Gasteiger partial charge in [-0.15, -0.1) is 0 Å². The third-order valence-electron chi connectivity index (χ3n) is 6.49. The summed E-state index contributed by atoms with van der Waals surface area (Å²) in [5, 5.41) is 17.5. The minimum atomic E-state index is -0.447. The lowest BCUT2D eigenvalue weighted by atomic mass is 10.1. The standard InChI is InChI=1S/C27H32ClFN8O3/c1-18-23(17-24(35-34-18)21-15-19(28)3-4-22(21)29)32-20-5-7-30-25(16-20)33-26(38)6-9-36-11-13-37(14-12-36)10-8-31-27(39)40-2/h3-5,7,15-17H,6,8-14H2,1-2H3,(H,31,39)(H2,30,32,33,35,38). The van der Waals surface area contributed by atoms with E-state index in [9.17, 15) is 14.0 Å². The zero-order chi connectivity index (χ0) is 28.5. The molecule has 0 radical (unpaired) electrons. The molecule has 40 heavy (non-hydrogen) atoms. The number of nitrogens with zero attached hydrogens (tertiary/aromatic N) is 5. The number of hydrogen-bond acceptors (Lipinski definition) is 9. The van der Waals surface area contributed by atoms with Gasteiger partial charge in [-0.2, -0.15) is 10.2 Å². The van der Waals surface area contributed by atoms with Crippen LogP contribution in [0.5, 0.6) is 0 Å². The van der Waals surface area contributed by atoms with Gasteiger partial charge in [0, 0.05) is 80.8 Å². The van der Waals surface area contributed by atoms with Gasteiger partial charge in [-0.05, 0) is 37.3 Å². The van der Waals surface area contributed by atoms with E-state index in [1.54, 1.807) is 31.3 Å². The summed E-state index contributed by atoms with van der Waals surface area (Å²) in [7, 11) is 1.35. The first-order valence-corrected chi connectivity index (χ1v) is 13.3. The van der Waals surface area contributed by atoms with Crippen molar-refractivity contribution in [2.75, 3.05) is 63.6 Å². The van der Waals surface area contributed by atoms with Gasteiger partial charge in [0.25, 0.3) is 0 Å². The van der Waals surface area contributed by atoms with Crippen molar-refractivity contribution in [1.29, 1.82) is 0 Å². The largest absolute Gasteiger partial charge is 0.453 e. The molecule has 212 valence electrons. The smallest absolute Gasteiger partial charge is 0.406 e. The van der Waals surface area contributed by atoms with Crippen LogP contribution in [0.1, 0.15) is 12.1 Å². The number of halogens is 2. The number of amides is 2. The second-order valence-corrected chi connectivity index (χ2v) is 9.74. The molecule has 1 aliphatic rings. The van der Waals surface area contributed by atoms with Crippen molar-refractivity contribution in [3.05, 3.63) is 59.1 Å². The van der Waals surface area contributed by atoms with Gasteiger partial charge in [0.1, 0.15) is 11.6 Å². The molecule has 0 atom stereocenters. The van der Waals surface area contributed by atoms with E-state index in [2.05, 4.69) is 45.7 Å². The molecule has 3 aromatic rings. The molecule has 11 nitrogen and oxygen atoms in total. The number of nitrogens with one attached hydrogen (secondary N) is 3. The Bertz CT molecular complexity index is 1340. The van der Waals surface area contributed by atoms with Crippen LogP contribution in [0, 0.1) is 12.7 Å². The molecule has 0 unspecified atom stereocenters. The lowest BCUT2D eigenvalue weighted by molar-refractivity contribution is -0.116. The van der Waals surface area contributed by atoms with E-state index in [1.165, 1.54) is 25.3 Å². The molecule has 1 aromatic carbocycles. The SMILES string of the molecule is COC(=O)NCCN1CCN(CCC(=O)Nc2cc(Nc3cc(-c4cc(Cl)ccc4F)nnc3C)ccn2)CC1. The van der Waals surface area contributed by atoms with Crippen molar-refractivity contribution in [2.24, 2.45) is 0 Å². The fraction of sp³-hybridized carbons (Fsp3) is 0.370. The highest BCUT2D eigenvalue weighted by Gasteiger charge is 2.18. The minimum Gasteiger partial charge on any atom is -0.453 e. The summed E-state index contributed by atoms with van der Waals surface area (Å²) in [5.74, 6) is -0.161. The molecule has 1 aliphatic heterocycles. The highest BCUT2D eigenvalue weighted by molar-refractivity contribution is 6.30. The van der Waals surface area contributed by atoms with Crippen LogP contribution >= 0.6 is 11.6 Å². The Morgan fingerprint density at radius 2 is 1.80 bits per heavy atom. The highest BCUT2D eigenvalue weighted by atomic mass is 35.5. The van der Waals surface area contributed by atoms with E-state index < -0.39 is 11.9 Å². The average molecular weight is 571 g/mol. The molecule has 3 heterocycles. The van der Waals surface area contributed by atoms with Crippen molar-refractivity contribution in [3.63, 3.8) is 0 Å². The molecule has 3 N–H and O–H groups in total. The summed E-state index contributed by atoms with van der Waals surface area (Å²) in [6.07, 6.45) is 1.50. The maximum Gasteiger partial charge on any atom is 0.406 e. The number of benzene rings is 1. The molecule has 0 aliphatic carbocycles. The van der Waals surface area contributed by atoms with Crippen molar-refractivity contribution < 1.29 is 18.7 Å². The zero-order valence-electron chi connectivity index (χ0n) is 22.4. The molecule has 1 saturated heterocycles. The van der Waals surface area contributed by atoms with Gasteiger partial charge in [-0.3, -0.25) is 9.69 Å². The van der Waals surface area contributed by atoms with Crippen LogP contribution in [0.4, 0.5) is 26.4 Å². The fourth-order valence-electron chi connectivity index (χ4n) is 4.23. The Labute approximate surface area is 237 Å². The summed E-state index contributed by atoms with van der Waals surface area (Å²) in [6.45, 7) is 7.16. The number of methoxy groups -OCH3 is 1. The number of anilines is 3. The second kappa shape index (κ2) is 14.0. The van der Waals surface area contributed by atoms with Crippen molar-refractivity contribution in [1.82, 2.24) is 30.3 Å². The Kier molecular flexibility index (Phi) is 10.2. The number of carbonyl (C=O) groups is 2. The van der Waals surface area contributed by atoms with E-state index in [4.69, 9.17) is 11.6 Å². The summed E-state index contributed by atoms with van der Waals surface area (Å²) >= 11 is 6.04. The second-order valence-electron chi connectivity index (χ2n) is 9.31. The maximum atomic E-state index is 14.4. The van der Waals surface area contributed by atoms with Gasteiger partial charge in [0.05, 0.1) is 24.2 Å². The predicted octanol–water partition coefficient (Wildman–Crippen LogP) is 3.69. The number of pyridine rings is 1. The van der Waals surface area contributed by atoms with E-state index in [0.717, 1.165) is 32.7 Å². The van der Waals surface area contributed by atoms with Crippen molar-refractivity contribution >= 4 is 40.8 Å². The van der Waals surface area contributed by atoms with E-state index in [0.29, 0.717) is 53.1 Å². The van der Waals surface area contributed by atoms with E-state index >= 15 is 0 Å². The van der Waals surface area contributed by atoms with E-state index in [-0.39, 0.29) is 11.5 Å². The van der Waals surface area contributed by atoms with Crippen LogP contribution in [0.3, 0.4) is 0 Å². The normalized spacial score (nSPS) is 14.0. The zero-order valence-corrected chi connectivity index (χ0v) is 23.2. The summed E-state index contributed by atoms with van der Waals surface area (Å²) < 4.78 is 18.9. The Hall–Kier alpha value is -3.87. The van der Waals surface area contributed by atoms with Crippen LogP contribution in [-0.4, -0.2) is 89.9 Å². The van der Waals surface area contributed by atoms with Crippen LogP contribution in [0.25, 0.3) is 11.3 Å². The van der Waals surface area contributed by atoms with Crippen LogP contribution in [0.15, 0.2) is 42.6 Å². The van der Waals surface area contributed by atoms with Crippen LogP contribution in [0.2, 0.25) is 5.02 Å². The molecule has 0 saturated carbocycles. The number of ether oxygens (including phenoxy) is 1. The average Bonchev–Trinajstić information content (AvgIpc) is 2.95. The first-order chi connectivity index (χ1) is 19.3. The van der Waals surface area contributed by atoms with Crippen LogP contribution in [-0.2, 0) is 9.53 Å². The first-order valence-electron chi connectivity index (χ1n) is 12.9. The number of rotatable bonds is 10. The number of aromatic nitrogens is 3. The number of hydrogen-bond donors (Lipinski definition) is 3. The molecule has 4 rings (SSSR count). The summed E-state index contributed by atoms with van der Waals surface area (Å²) in [6, 6.07) is 9.45. The lowest BCUT2D eigenvalue weighted by Gasteiger charge is -2.34. The summed E-state index contributed by atoms with van der Waals surface area (Å²) in [5.41, 5.74) is 2.52. The first kappa shape index (κ1) is 29.1. The monoisotopic (exact) mass is 570 g/mol. The topological polar surface area (TPSA) is 125 Å². The number of carbonyl (C=O) groups excluding carboxylic acids is 2. The molecular weight excluding hydrogens is 539 g/mol. The Morgan fingerprint density at radius 3 is 2.55 bits per heavy atom. The molecule has 2 aromatic heterocycles. The van der Waals surface area contributed by atoms with E-state index in [1.807, 2.05) is 0 Å². The van der Waals surface area contributed by atoms with Gasteiger partial charge in [-0.25, -0.2) is 14.2 Å². The predicted molar refractivity (Wildman–Crippen MR) is 151 cm³/mol. The van der Waals surface area contributed by atoms with Crippen molar-refractivity contribution in [3.8, 4) is 11.3 Å².